The Morgan fingerprint density at radius 2 is 2.06 bits per heavy atom. The van der Waals surface area contributed by atoms with Crippen LogP contribution >= 0.6 is 0 Å². The highest BCUT2D eigenvalue weighted by Crippen LogP contribution is 2.21. The van der Waals surface area contributed by atoms with Gasteiger partial charge in [-0.15, -0.1) is 0 Å². The van der Waals surface area contributed by atoms with Crippen LogP contribution in [0, 0.1) is 5.92 Å². The summed E-state index contributed by atoms with van der Waals surface area (Å²) in [4.78, 5) is 14.1. The Morgan fingerprint density at radius 1 is 1.39 bits per heavy atom. The lowest BCUT2D eigenvalue weighted by Crippen LogP contribution is -2.44. The molecule has 1 aliphatic rings. The van der Waals surface area contributed by atoms with E-state index < -0.39 is 9.84 Å². The van der Waals surface area contributed by atoms with Gasteiger partial charge < -0.3 is 4.90 Å². The van der Waals surface area contributed by atoms with E-state index in [4.69, 9.17) is 0 Å². The summed E-state index contributed by atoms with van der Waals surface area (Å²) in [5, 5.41) is 0. The van der Waals surface area contributed by atoms with Crippen molar-refractivity contribution in [1.82, 2.24) is 4.90 Å². The van der Waals surface area contributed by atoms with Crippen LogP contribution in [0.2, 0.25) is 0 Å². The highest BCUT2D eigenvalue weighted by atomic mass is 32.2. The zero-order valence-electron chi connectivity index (χ0n) is 11.7. The summed E-state index contributed by atoms with van der Waals surface area (Å²) in [6, 6.07) is -0.0944. The van der Waals surface area contributed by atoms with Gasteiger partial charge in [0.15, 0.2) is 9.84 Å². The molecule has 1 heterocycles. The molecule has 0 spiro atoms. The fraction of sp³-hybridized carbons (Fsp3) is 0.923. The van der Waals surface area contributed by atoms with E-state index in [-0.39, 0.29) is 29.4 Å². The number of sulfone groups is 1. The zero-order valence-corrected chi connectivity index (χ0v) is 12.5. The molecule has 18 heavy (non-hydrogen) atoms. The van der Waals surface area contributed by atoms with Crippen LogP contribution in [-0.4, -0.2) is 43.3 Å². The molecule has 1 rings (SSSR count). The van der Waals surface area contributed by atoms with E-state index in [1.165, 1.54) is 0 Å². The quantitative estimate of drug-likeness (QED) is 0.743. The summed E-state index contributed by atoms with van der Waals surface area (Å²) in [6.07, 6.45) is 3.37. The topological polar surface area (TPSA) is 54.5 Å². The van der Waals surface area contributed by atoms with Crippen LogP contribution in [0.5, 0.6) is 0 Å². The fourth-order valence-corrected chi connectivity index (χ4v) is 4.01. The molecule has 4 nitrogen and oxygen atoms in total. The second kappa shape index (κ2) is 6.55. The van der Waals surface area contributed by atoms with Gasteiger partial charge in [0.1, 0.15) is 0 Å². The average molecular weight is 275 g/mol. The van der Waals surface area contributed by atoms with E-state index in [2.05, 4.69) is 6.92 Å². The minimum atomic E-state index is -2.93. The summed E-state index contributed by atoms with van der Waals surface area (Å²) < 4.78 is 23.1. The van der Waals surface area contributed by atoms with E-state index in [1.807, 2.05) is 18.7 Å². The van der Waals surface area contributed by atoms with E-state index in [1.54, 1.807) is 0 Å². The Bertz CT molecular complexity index is 378. The van der Waals surface area contributed by atoms with Crippen LogP contribution < -0.4 is 0 Å². The van der Waals surface area contributed by atoms with Crippen LogP contribution in [0.3, 0.4) is 0 Å². The van der Waals surface area contributed by atoms with Gasteiger partial charge in [0.25, 0.3) is 0 Å². The maximum absolute atomic E-state index is 12.3. The normalized spacial score (nSPS) is 23.8. The summed E-state index contributed by atoms with van der Waals surface area (Å²) in [5.74, 6) is 0.491. The molecule has 0 radical (unpaired) electrons. The smallest absolute Gasteiger partial charge is 0.225 e. The lowest BCUT2D eigenvalue weighted by molar-refractivity contribution is -0.137. The lowest BCUT2D eigenvalue weighted by Gasteiger charge is -2.30. The van der Waals surface area contributed by atoms with Gasteiger partial charge in [0.2, 0.25) is 5.91 Å². The van der Waals surface area contributed by atoms with Crippen molar-refractivity contribution in [3.8, 4) is 0 Å². The van der Waals surface area contributed by atoms with E-state index in [0.29, 0.717) is 13.0 Å². The summed E-state index contributed by atoms with van der Waals surface area (Å²) in [7, 11) is -2.93. The number of carbonyl (C=O) groups is 1. The van der Waals surface area contributed by atoms with Crippen LogP contribution in [0.1, 0.15) is 46.5 Å². The Balaban J connectivity index is 2.75. The molecule has 0 aromatic carbocycles. The predicted molar refractivity (Wildman–Crippen MR) is 73.1 cm³/mol. The van der Waals surface area contributed by atoms with Gasteiger partial charge in [-0.3, -0.25) is 4.79 Å². The molecule has 0 N–H and O–H groups in total. The second-order valence-electron chi connectivity index (χ2n) is 5.25. The first kappa shape index (κ1) is 15.5. The van der Waals surface area contributed by atoms with Gasteiger partial charge >= 0.3 is 0 Å². The molecule has 0 aliphatic carbocycles. The molecule has 0 aromatic heterocycles. The summed E-state index contributed by atoms with van der Waals surface area (Å²) >= 11 is 0. The first-order chi connectivity index (χ1) is 8.41. The van der Waals surface area contributed by atoms with Gasteiger partial charge in [0, 0.05) is 18.5 Å². The highest BCUT2D eigenvalue weighted by Gasteiger charge is 2.35. The number of carbonyl (C=O) groups excluding carboxylic acids is 1. The Morgan fingerprint density at radius 3 is 2.50 bits per heavy atom. The largest absolute Gasteiger partial charge is 0.338 e. The molecule has 106 valence electrons. The molecule has 0 aromatic rings. The minimum Gasteiger partial charge on any atom is -0.338 e. The Hall–Kier alpha value is -0.580. The molecule has 0 bridgehead atoms. The monoisotopic (exact) mass is 275 g/mol. The van der Waals surface area contributed by atoms with Gasteiger partial charge in [0.05, 0.1) is 11.5 Å². The molecule has 0 saturated carbocycles. The lowest BCUT2D eigenvalue weighted by atomic mass is 10.1. The van der Waals surface area contributed by atoms with Crippen LogP contribution in [0.15, 0.2) is 0 Å². The van der Waals surface area contributed by atoms with E-state index in [9.17, 15) is 13.2 Å². The second-order valence-corrected chi connectivity index (χ2v) is 7.48. The molecule has 2 atom stereocenters. The summed E-state index contributed by atoms with van der Waals surface area (Å²) in [6.45, 7) is 6.69. The van der Waals surface area contributed by atoms with E-state index in [0.717, 1.165) is 19.3 Å². The van der Waals surface area contributed by atoms with Crippen molar-refractivity contribution in [1.29, 1.82) is 0 Å². The van der Waals surface area contributed by atoms with E-state index >= 15 is 0 Å². The van der Waals surface area contributed by atoms with Gasteiger partial charge in [-0.05, 0) is 19.3 Å². The third-order valence-electron chi connectivity index (χ3n) is 3.72. The molecule has 2 unspecified atom stereocenters. The molecule has 1 saturated heterocycles. The van der Waals surface area contributed by atoms with Crippen LogP contribution in [-0.2, 0) is 14.6 Å². The van der Waals surface area contributed by atoms with Crippen molar-refractivity contribution < 1.29 is 13.2 Å². The minimum absolute atomic E-state index is 0.00911. The molecular formula is C13H25NO3S. The maximum Gasteiger partial charge on any atom is 0.225 e. The highest BCUT2D eigenvalue weighted by molar-refractivity contribution is 7.91. The molecular weight excluding hydrogens is 250 g/mol. The van der Waals surface area contributed by atoms with Gasteiger partial charge in [-0.2, -0.15) is 0 Å². The molecule has 5 heteroatoms. The maximum atomic E-state index is 12.3. The standard InChI is InChI=1S/C13H25NO3S/c1-4-6-8-14(13(15)11(3)5-2)12-7-9-18(16,17)10-12/h11-12H,4-10H2,1-3H3. The van der Waals surface area contributed by atoms with Crippen molar-refractivity contribution in [3.63, 3.8) is 0 Å². The Kier molecular flexibility index (Phi) is 5.63. The predicted octanol–water partition coefficient (Wildman–Crippen LogP) is 1.85. The van der Waals surface area contributed by atoms with Crippen molar-refractivity contribution in [2.24, 2.45) is 5.92 Å². The Labute approximate surface area is 111 Å². The molecule has 1 aliphatic heterocycles. The number of nitrogens with zero attached hydrogens (tertiary/aromatic N) is 1. The molecule has 1 amide bonds. The average Bonchev–Trinajstić information content (AvgIpc) is 2.68. The fourth-order valence-electron chi connectivity index (χ4n) is 2.28. The molecule has 1 fully saturated rings. The number of amides is 1. The number of hydrogen-bond donors (Lipinski definition) is 0. The SMILES string of the molecule is CCCCN(C(=O)C(C)CC)C1CCS(=O)(=O)C1. The van der Waals surface area contributed by atoms with Crippen molar-refractivity contribution in [2.45, 2.75) is 52.5 Å². The van der Waals surface area contributed by atoms with Crippen molar-refractivity contribution in [2.75, 3.05) is 18.1 Å². The third-order valence-corrected chi connectivity index (χ3v) is 5.47. The van der Waals surface area contributed by atoms with Crippen LogP contribution in [0.25, 0.3) is 0 Å². The van der Waals surface area contributed by atoms with Gasteiger partial charge in [-0.25, -0.2) is 8.42 Å². The van der Waals surface area contributed by atoms with Crippen molar-refractivity contribution >= 4 is 15.7 Å². The van der Waals surface area contributed by atoms with Crippen LogP contribution in [0.4, 0.5) is 0 Å². The van der Waals surface area contributed by atoms with Crippen molar-refractivity contribution in [3.05, 3.63) is 0 Å². The number of unbranched alkanes of at least 4 members (excludes halogenated alkanes) is 1. The zero-order chi connectivity index (χ0) is 13.8. The number of rotatable bonds is 6. The van der Waals surface area contributed by atoms with Gasteiger partial charge in [-0.1, -0.05) is 27.2 Å². The first-order valence-electron chi connectivity index (χ1n) is 6.92. The summed E-state index contributed by atoms with van der Waals surface area (Å²) in [5.41, 5.74) is 0. The number of hydrogen-bond acceptors (Lipinski definition) is 3. The first-order valence-corrected chi connectivity index (χ1v) is 8.74. The third kappa shape index (κ3) is 3.97.